The summed E-state index contributed by atoms with van der Waals surface area (Å²) >= 11 is 0. The quantitative estimate of drug-likeness (QED) is 0.169. The molecule has 7 aromatic carbocycles. The van der Waals surface area contributed by atoms with Gasteiger partial charge in [0, 0.05) is 38.4 Å². The van der Waals surface area contributed by atoms with Crippen molar-refractivity contribution in [2.75, 3.05) is 0 Å². The fraction of sp³-hybridized carbons (Fsp3) is 0. The summed E-state index contributed by atoms with van der Waals surface area (Å²) < 4.78 is 13.1. The van der Waals surface area contributed by atoms with E-state index in [9.17, 15) is 0 Å². The van der Waals surface area contributed by atoms with Gasteiger partial charge in [0.2, 0.25) is 0 Å². The molecule has 0 radical (unpaired) electrons. The number of rotatable bonds is 6. The summed E-state index contributed by atoms with van der Waals surface area (Å²) in [6.07, 6.45) is 0. The van der Waals surface area contributed by atoms with Crippen LogP contribution in [0.25, 0.3) is 112 Å². The lowest BCUT2D eigenvalue weighted by Gasteiger charge is -2.08. The van der Waals surface area contributed by atoms with Gasteiger partial charge in [0.15, 0.2) is 28.9 Å². The van der Waals surface area contributed by atoms with E-state index in [1.165, 1.54) is 0 Å². The molecule has 7 nitrogen and oxygen atoms in total. The zero-order valence-corrected chi connectivity index (χ0v) is 29.8. The van der Waals surface area contributed by atoms with Crippen molar-refractivity contribution in [1.29, 1.82) is 0 Å². The van der Waals surface area contributed by atoms with Crippen LogP contribution in [0, 0.1) is 0 Å². The van der Waals surface area contributed by atoms with Gasteiger partial charge in [-0.1, -0.05) is 140 Å². The average Bonchev–Trinajstić information content (AvgIpc) is 3.85. The summed E-state index contributed by atoms with van der Waals surface area (Å²) in [5, 5.41) is 2.81. The molecular weight excluding hydrogens is 691 g/mol. The highest BCUT2D eigenvalue weighted by atomic mass is 16.3. The Balaban J connectivity index is 1.07. The smallest absolute Gasteiger partial charge is 0.180 e. The molecule has 0 aliphatic heterocycles. The van der Waals surface area contributed by atoms with Gasteiger partial charge in [-0.25, -0.2) is 24.9 Å². The second-order valence-electron chi connectivity index (χ2n) is 13.6. The van der Waals surface area contributed by atoms with Gasteiger partial charge < -0.3 is 8.83 Å². The van der Waals surface area contributed by atoms with Gasteiger partial charge in [-0.2, -0.15) is 0 Å². The van der Waals surface area contributed by atoms with Crippen LogP contribution < -0.4 is 0 Å². The number of fused-ring (bicyclic) bond motifs is 6. The monoisotopic (exact) mass is 719 g/mol. The predicted molar refractivity (Wildman–Crippen MR) is 223 cm³/mol. The average molecular weight is 720 g/mol. The molecule has 0 amide bonds. The predicted octanol–water partition coefficient (Wildman–Crippen LogP) is 12.5. The Bertz CT molecular complexity index is 3170. The van der Waals surface area contributed by atoms with Crippen LogP contribution in [0.15, 0.2) is 185 Å². The van der Waals surface area contributed by atoms with Gasteiger partial charge >= 0.3 is 0 Å². The molecule has 11 rings (SSSR count). The first kappa shape index (κ1) is 31.7. The lowest BCUT2D eigenvalue weighted by Crippen LogP contribution is -2.00. The standard InChI is InChI=1S/C49H29N5O2/c1-4-13-30(14-5-1)31-23-25-32(26-24-31)42-45-43(37-19-10-11-22-40(37)56-45)51-49(50-42)38-21-12-20-36-39-29-35(27-28-41(39)55-44(36)38)48-53-46(33-15-6-2-7-16-33)52-47(54-48)34-17-8-3-9-18-34/h1-29H. The molecule has 0 saturated carbocycles. The van der Waals surface area contributed by atoms with Crippen LogP contribution in [-0.4, -0.2) is 24.9 Å². The van der Waals surface area contributed by atoms with E-state index in [0.29, 0.717) is 34.5 Å². The van der Waals surface area contributed by atoms with Crippen molar-refractivity contribution in [3.05, 3.63) is 176 Å². The van der Waals surface area contributed by atoms with E-state index in [1.807, 2.05) is 127 Å². The van der Waals surface area contributed by atoms with Crippen molar-refractivity contribution >= 4 is 44.0 Å². The van der Waals surface area contributed by atoms with E-state index in [1.54, 1.807) is 0 Å². The Hall–Kier alpha value is -7.77. The maximum atomic E-state index is 6.65. The molecule has 0 aliphatic carbocycles. The zero-order valence-electron chi connectivity index (χ0n) is 29.8. The highest BCUT2D eigenvalue weighted by Crippen LogP contribution is 2.40. The molecule has 11 aromatic rings. The number of aromatic nitrogens is 5. The minimum absolute atomic E-state index is 0.550. The normalized spacial score (nSPS) is 11.6. The van der Waals surface area contributed by atoms with E-state index in [-0.39, 0.29) is 0 Å². The van der Waals surface area contributed by atoms with Crippen molar-refractivity contribution in [3.8, 4) is 67.9 Å². The van der Waals surface area contributed by atoms with Crippen LogP contribution in [0.3, 0.4) is 0 Å². The fourth-order valence-electron chi connectivity index (χ4n) is 7.41. The summed E-state index contributed by atoms with van der Waals surface area (Å²) in [7, 11) is 0. The molecule has 7 heteroatoms. The van der Waals surface area contributed by atoms with Crippen LogP contribution in [0.2, 0.25) is 0 Å². The number of hydrogen-bond acceptors (Lipinski definition) is 7. The van der Waals surface area contributed by atoms with Gasteiger partial charge in [-0.3, -0.25) is 0 Å². The van der Waals surface area contributed by atoms with E-state index >= 15 is 0 Å². The van der Waals surface area contributed by atoms with Crippen molar-refractivity contribution in [1.82, 2.24) is 24.9 Å². The van der Waals surface area contributed by atoms with Crippen LogP contribution in [0.5, 0.6) is 0 Å². The van der Waals surface area contributed by atoms with E-state index < -0.39 is 0 Å². The fourth-order valence-corrected chi connectivity index (χ4v) is 7.41. The maximum Gasteiger partial charge on any atom is 0.180 e. The summed E-state index contributed by atoms with van der Waals surface area (Å²) in [6, 6.07) is 58.9. The maximum absolute atomic E-state index is 6.65. The van der Waals surface area contributed by atoms with Gasteiger partial charge in [-0.05, 0) is 47.5 Å². The van der Waals surface area contributed by atoms with Crippen LogP contribution in [0.1, 0.15) is 0 Å². The van der Waals surface area contributed by atoms with Crippen LogP contribution >= 0.6 is 0 Å². The summed E-state index contributed by atoms with van der Waals surface area (Å²) in [4.78, 5) is 25.2. The molecule has 56 heavy (non-hydrogen) atoms. The largest absolute Gasteiger partial charge is 0.455 e. The molecule has 0 bridgehead atoms. The molecule has 0 atom stereocenters. The number of furan rings is 2. The number of para-hydroxylation sites is 2. The highest BCUT2D eigenvalue weighted by Gasteiger charge is 2.22. The van der Waals surface area contributed by atoms with E-state index in [4.69, 9.17) is 33.8 Å². The first-order valence-electron chi connectivity index (χ1n) is 18.4. The minimum Gasteiger partial charge on any atom is -0.455 e. The lowest BCUT2D eigenvalue weighted by atomic mass is 10.0. The Morgan fingerprint density at radius 3 is 1.52 bits per heavy atom. The Morgan fingerprint density at radius 1 is 0.304 bits per heavy atom. The van der Waals surface area contributed by atoms with E-state index in [0.717, 1.165) is 77.5 Å². The molecular formula is C49H29N5O2. The third kappa shape index (κ3) is 5.41. The molecule has 0 fully saturated rings. The second-order valence-corrected chi connectivity index (χ2v) is 13.6. The summed E-state index contributed by atoms with van der Waals surface area (Å²) in [5.41, 5.74) is 11.0. The number of hydrogen-bond donors (Lipinski definition) is 0. The SMILES string of the molecule is c1ccc(-c2ccc(-c3nc(-c4cccc5c4oc4ccc(-c6nc(-c7ccccc7)nc(-c7ccccc7)n6)cc45)nc4c3oc3ccccc34)cc2)cc1. The number of benzene rings is 7. The molecule has 4 aromatic heterocycles. The molecule has 0 unspecified atom stereocenters. The first-order chi connectivity index (χ1) is 27.7. The molecule has 262 valence electrons. The van der Waals surface area contributed by atoms with Crippen molar-refractivity contribution in [2.24, 2.45) is 0 Å². The summed E-state index contributed by atoms with van der Waals surface area (Å²) in [6.45, 7) is 0. The van der Waals surface area contributed by atoms with Crippen molar-refractivity contribution < 1.29 is 8.83 Å². The van der Waals surface area contributed by atoms with Crippen LogP contribution in [-0.2, 0) is 0 Å². The molecule has 0 N–H and O–H groups in total. The first-order valence-corrected chi connectivity index (χ1v) is 18.4. The molecule has 0 saturated heterocycles. The Kier molecular flexibility index (Phi) is 7.35. The third-order valence-electron chi connectivity index (χ3n) is 10.2. The zero-order chi connectivity index (χ0) is 37.0. The topological polar surface area (TPSA) is 90.7 Å². The van der Waals surface area contributed by atoms with Crippen molar-refractivity contribution in [2.45, 2.75) is 0 Å². The lowest BCUT2D eigenvalue weighted by molar-refractivity contribution is 0.666. The van der Waals surface area contributed by atoms with Gasteiger partial charge in [-0.15, -0.1) is 0 Å². The second kappa shape index (κ2) is 13.0. The minimum atomic E-state index is 0.550. The van der Waals surface area contributed by atoms with Gasteiger partial charge in [0.05, 0.1) is 5.56 Å². The molecule has 0 aliphatic rings. The van der Waals surface area contributed by atoms with Crippen LogP contribution in [0.4, 0.5) is 0 Å². The van der Waals surface area contributed by atoms with Gasteiger partial charge in [0.25, 0.3) is 0 Å². The Morgan fingerprint density at radius 2 is 0.821 bits per heavy atom. The molecule has 0 spiro atoms. The van der Waals surface area contributed by atoms with Gasteiger partial charge in [0.1, 0.15) is 28.0 Å². The molecule has 4 heterocycles. The van der Waals surface area contributed by atoms with Crippen molar-refractivity contribution in [3.63, 3.8) is 0 Å². The third-order valence-corrected chi connectivity index (χ3v) is 10.2. The Labute approximate surface area is 320 Å². The highest BCUT2D eigenvalue weighted by molar-refractivity contribution is 6.11. The van der Waals surface area contributed by atoms with E-state index in [2.05, 4.69) is 48.5 Å². The number of nitrogens with zero attached hydrogens (tertiary/aromatic N) is 5. The summed E-state index contributed by atoms with van der Waals surface area (Å²) in [5.74, 6) is 2.35.